The van der Waals surface area contributed by atoms with Crippen LogP contribution in [0.15, 0.2) is 66.7 Å². The molecule has 0 aliphatic carbocycles. The van der Waals surface area contributed by atoms with E-state index in [9.17, 15) is 14.4 Å². The molecule has 2 fully saturated rings. The molecule has 2 aliphatic heterocycles. The van der Waals surface area contributed by atoms with E-state index in [-0.39, 0.29) is 23.7 Å². The molecule has 2 saturated heterocycles. The van der Waals surface area contributed by atoms with Gasteiger partial charge in [-0.3, -0.25) is 19.3 Å². The molecule has 2 aromatic rings. The number of amides is 2. The number of benzene rings is 2. The van der Waals surface area contributed by atoms with E-state index in [1.54, 1.807) is 28.9 Å². The van der Waals surface area contributed by atoms with Crippen LogP contribution in [0.3, 0.4) is 0 Å². The van der Waals surface area contributed by atoms with E-state index < -0.39 is 6.10 Å². The highest BCUT2D eigenvalue weighted by atomic mass is 16.5. The molecule has 0 bridgehead atoms. The number of likely N-dealkylation sites (tertiary alicyclic amines) is 1. The van der Waals surface area contributed by atoms with E-state index in [0.29, 0.717) is 39.0 Å². The zero-order valence-electron chi connectivity index (χ0n) is 20.9. The molecule has 190 valence electrons. The fourth-order valence-electron chi connectivity index (χ4n) is 4.72. The van der Waals surface area contributed by atoms with Crippen LogP contribution in [0, 0.1) is 5.92 Å². The van der Waals surface area contributed by atoms with Crippen molar-refractivity contribution in [2.45, 2.75) is 32.4 Å². The molecule has 2 heterocycles. The summed E-state index contributed by atoms with van der Waals surface area (Å²) in [5.41, 5.74) is 2.24. The maximum Gasteiger partial charge on any atom is 0.309 e. The molecular weight excluding hydrogens is 454 g/mol. The topological polar surface area (TPSA) is 70.2 Å². The van der Waals surface area contributed by atoms with Crippen LogP contribution >= 0.6 is 0 Å². The van der Waals surface area contributed by atoms with E-state index in [4.69, 9.17) is 4.74 Å². The molecule has 4 rings (SSSR count). The number of ether oxygens (including phenoxy) is 1. The summed E-state index contributed by atoms with van der Waals surface area (Å²) in [5, 5.41) is 0. The van der Waals surface area contributed by atoms with Crippen molar-refractivity contribution in [3.8, 4) is 0 Å². The molecule has 0 N–H and O–H groups in total. The van der Waals surface area contributed by atoms with E-state index in [0.717, 1.165) is 25.2 Å². The van der Waals surface area contributed by atoms with Crippen molar-refractivity contribution in [1.82, 2.24) is 14.7 Å². The first-order valence-corrected chi connectivity index (χ1v) is 12.8. The van der Waals surface area contributed by atoms with Crippen LogP contribution < -0.4 is 0 Å². The molecule has 2 aliphatic rings. The molecule has 36 heavy (non-hydrogen) atoms. The monoisotopic (exact) mass is 489 g/mol. The molecule has 1 atom stereocenters. The second kappa shape index (κ2) is 12.5. The fourth-order valence-corrected chi connectivity index (χ4v) is 4.72. The average molecular weight is 490 g/mol. The van der Waals surface area contributed by atoms with Crippen LogP contribution in [0.2, 0.25) is 0 Å². The van der Waals surface area contributed by atoms with Crippen molar-refractivity contribution in [2.24, 2.45) is 5.92 Å². The molecule has 1 unspecified atom stereocenters. The second-order valence-electron chi connectivity index (χ2n) is 9.51. The maximum atomic E-state index is 12.9. The lowest BCUT2D eigenvalue weighted by atomic mass is 9.97. The van der Waals surface area contributed by atoms with Crippen LogP contribution in [0.25, 0.3) is 6.08 Å². The number of piperidine rings is 1. The van der Waals surface area contributed by atoms with Crippen molar-refractivity contribution in [2.75, 3.05) is 39.3 Å². The predicted molar refractivity (Wildman–Crippen MR) is 139 cm³/mol. The Morgan fingerprint density at radius 1 is 0.861 bits per heavy atom. The first kappa shape index (κ1) is 25.6. The van der Waals surface area contributed by atoms with Gasteiger partial charge in [0.15, 0.2) is 6.10 Å². The van der Waals surface area contributed by atoms with Gasteiger partial charge in [-0.2, -0.15) is 0 Å². The number of hydrogen-bond donors (Lipinski definition) is 0. The molecule has 0 saturated carbocycles. The average Bonchev–Trinajstić information content (AvgIpc) is 2.93. The summed E-state index contributed by atoms with van der Waals surface area (Å²) in [7, 11) is 0. The lowest BCUT2D eigenvalue weighted by molar-refractivity contribution is -0.164. The molecule has 7 heteroatoms. The Labute approximate surface area is 213 Å². The van der Waals surface area contributed by atoms with Gasteiger partial charge in [-0.15, -0.1) is 0 Å². The molecular formula is C29H35N3O4. The van der Waals surface area contributed by atoms with Crippen LogP contribution in [0.5, 0.6) is 0 Å². The molecule has 0 radical (unpaired) electrons. The zero-order chi connectivity index (χ0) is 25.3. The van der Waals surface area contributed by atoms with Crippen molar-refractivity contribution in [3.63, 3.8) is 0 Å². The number of esters is 1. The zero-order valence-corrected chi connectivity index (χ0v) is 20.9. The largest absolute Gasteiger partial charge is 0.452 e. The van der Waals surface area contributed by atoms with Gasteiger partial charge in [0.05, 0.1) is 5.92 Å². The number of hydrogen-bond acceptors (Lipinski definition) is 5. The highest BCUT2D eigenvalue weighted by Gasteiger charge is 2.32. The Bertz CT molecular complexity index is 1040. The van der Waals surface area contributed by atoms with Gasteiger partial charge >= 0.3 is 5.97 Å². The van der Waals surface area contributed by atoms with Crippen molar-refractivity contribution in [1.29, 1.82) is 0 Å². The fraction of sp³-hybridized carbons (Fsp3) is 0.414. The highest BCUT2D eigenvalue weighted by molar-refractivity contribution is 5.92. The van der Waals surface area contributed by atoms with Gasteiger partial charge < -0.3 is 14.5 Å². The molecule has 0 spiro atoms. The Morgan fingerprint density at radius 3 is 2.11 bits per heavy atom. The normalized spacial score (nSPS) is 18.2. The summed E-state index contributed by atoms with van der Waals surface area (Å²) in [6, 6.07) is 20.0. The smallest absolute Gasteiger partial charge is 0.309 e. The summed E-state index contributed by atoms with van der Waals surface area (Å²) in [6.45, 7) is 6.39. The predicted octanol–water partition coefficient (Wildman–Crippen LogP) is 3.21. The third kappa shape index (κ3) is 7.04. The number of carbonyl (C=O) groups is 3. The van der Waals surface area contributed by atoms with E-state index >= 15 is 0 Å². The van der Waals surface area contributed by atoms with Gasteiger partial charge in [0.25, 0.3) is 5.91 Å². The van der Waals surface area contributed by atoms with Crippen LogP contribution in [-0.4, -0.2) is 77.9 Å². The lowest BCUT2D eigenvalue weighted by Gasteiger charge is -2.36. The SMILES string of the molecule is CC(OC(=O)C1CCN(C(=O)/C=C/c2ccccc2)CC1)C(=O)N1CCN(Cc2ccccc2)CC1. The second-order valence-corrected chi connectivity index (χ2v) is 9.51. The third-order valence-electron chi connectivity index (χ3n) is 6.93. The quantitative estimate of drug-likeness (QED) is 0.441. The molecule has 2 aromatic carbocycles. The maximum absolute atomic E-state index is 12.9. The van der Waals surface area contributed by atoms with Gasteiger partial charge in [0, 0.05) is 51.9 Å². The number of carbonyl (C=O) groups excluding carboxylic acids is 3. The lowest BCUT2D eigenvalue weighted by Crippen LogP contribution is -2.51. The number of rotatable bonds is 7. The first-order valence-electron chi connectivity index (χ1n) is 12.8. The van der Waals surface area contributed by atoms with Crippen molar-refractivity contribution < 1.29 is 19.1 Å². The standard InChI is InChI=1S/C29H35N3O4/c1-23(28(34)32-20-18-30(19-21-32)22-25-10-6-3-7-11-25)36-29(35)26-14-16-31(17-15-26)27(33)13-12-24-8-4-2-5-9-24/h2-13,23,26H,14-22H2,1H3/b13-12+. The number of piperazine rings is 1. The summed E-state index contributed by atoms with van der Waals surface area (Å²) in [4.78, 5) is 44.0. The minimum Gasteiger partial charge on any atom is -0.452 e. The number of nitrogens with zero attached hydrogens (tertiary/aromatic N) is 3. The highest BCUT2D eigenvalue weighted by Crippen LogP contribution is 2.20. The molecule has 0 aromatic heterocycles. The van der Waals surface area contributed by atoms with E-state index in [2.05, 4.69) is 17.0 Å². The summed E-state index contributed by atoms with van der Waals surface area (Å²) < 4.78 is 5.57. The van der Waals surface area contributed by atoms with E-state index in [1.807, 2.05) is 48.5 Å². The minimum absolute atomic E-state index is 0.0550. The summed E-state index contributed by atoms with van der Waals surface area (Å²) in [6.07, 6.45) is 3.67. The third-order valence-corrected chi connectivity index (χ3v) is 6.93. The van der Waals surface area contributed by atoms with Gasteiger partial charge in [0.1, 0.15) is 0 Å². The van der Waals surface area contributed by atoms with Crippen LogP contribution in [-0.2, 0) is 25.7 Å². The van der Waals surface area contributed by atoms with Gasteiger partial charge in [0.2, 0.25) is 5.91 Å². The van der Waals surface area contributed by atoms with Crippen LogP contribution in [0.1, 0.15) is 30.9 Å². The molecule has 2 amide bonds. The van der Waals surface area contributed by atoms with Gasteiger partial charge in [-0.25, -0.2) is 0 Å². The Hall–Kier alpha value is -3.45. The van der Waals surface area contributed by atoms with Crippen molar-refractivity contribution >= 4 is 23.9 Å². The Kier molecular flexibility index (Phi) is 8.90. The van der Waals surface area contributed by atoms with Gasteiger partial charge in [-0.05, 0) is 37.0 Å². The first-order chi connectivity index (χ1) is 17.5. The molecule has 7 nitrogen and oxygen atoms in total. The Morgan fingerprint density at radius 2 is 1.47 bits per heavy atom. The summed E-state index contributed by atoms with van der Waals surface area (Å²) in [5.74, 6) is -0.822. The Balaban J connectivity index is 1.17. The minimum atomic E-state index is -0.799. The van der Waals surface area contributed by atoms with E-state index in [1.165, 1.54) is 5.56 Å². The summed E-state index contributed by atoms with van der Waals surface area (Å²) >= 11 is 0. The van der Waals surface area contributed by atoms with Crippen molar-refractivity contribution in [3.05, 3.63) is 77.9 Å². The van der Waals surface area contributed by atoms with Crippen LogP contribution in [0.4, 0.5) is 0 Å². The van der Waals surface area contributed by atoms with Gasteiger partial charge in [-0.1, -0.05) is 60.7 Å².